The molecule has 3 rings (SSSR count). The Labute approximate surface area is 97.8 Å². The van der Waals surface area contributed by atoms with Gasteiger partial charge in [-0.15, -0.1) is 0 Å². The zero-order chi connectivity index (χ0) is 12.0. The van der Waals surface area contributed by atoms with Crippen molar-refractivity contribution in [3.8, 4) is 0 Å². The Morgan fingerprint density at radius 2 is 2.18 bits per heavy atom. The predicted octanol–water partition coefficient (Wildman–Crippen LogP) is 1.49. The summed E-state index contributed by atoms with van der Waals surface area (Å²) in [7, 11) is 0. The van der Waals surface area contributed by atoms with Crippen LogP contribution in [0.1, 0.15) is 19.4 Å². The van der Waals surface area contributed by atoms with Gasteiger partial charge in [0.1, 0.15) is 0 Å². The molecule has 2 heterocycles. The summed E-state index contributed by atoms with van der Waals surface area (Å²) in [5, 5.41) is 14.3. The number of anilines is 1. The van der Waals surface area contributed by atoms with Crippen LogP contribution >= 0.6 is 0 Å². The van der Waals surface area contributed by atoms with Gasteiger partial charge in [0, 0.05) is 17.0 Å². The van der Waals surface area contributed by atoms with Crippen LogP contribution in [-0.4, -0.2) is 22.5 Å². The number of H-pyrrole nitrogens is 1. The number of hydrogen-bond acceptors (Lipinski definition) is 4. The molecule has 0 spiro atoms. The Kier molecular flexibility index (Phi) is 2.01. The first-order valence-corrected chi connectivity index (χ1v) is 5.53. The third kappa shape index (κ3) is 1.35. The van der Waals surface area contributed by atoms with Crippen molar-refractivity contribution in [2.45, 2.75) is 19.9 Å². The van der Waals surface area contributed by atoms with Crippen LogP contribution in [0.25, 0.3) is 10.8 Å². The maximum Gasteiger partial charge on any atom is 0.272 e. The molecular formula is C12H12N4O. The van der Waals surface area contributed by atoms with Crippen LogP contribution in [-0.2, 0) is 0 Å². The van der Waals surface area contributed by atoms with E-state index in [4.69, 9.17) is 0 Å². The van der Waals surface area contributed by atoms with E-state index in [1.807, 2.05) is 31.0 Å². The van der Waals surface area contributed by atoms with Crippen molar-refractivity contribution in [2.24, 2.45) is 5.10 Å². The second-order valence-electron chi connectivity index (χ2n) is 4.33. The van der Waals surface area contributed by atoms with Gasteiger partial charge in [0.25, 0.3) is 5.56 Å². The van der Waals surface area contributed by atoms with Gasteiger partial charge in [-0.3, -0.25) is 4.79 Å². The summed E-state index contributed by atoms with van der Waals surface area (Å²) in [5.74, 6) is 0.715. The first-order chi connectivity index (χ1) is 8.18. The smallest absolute Gasteiger partial charge is 0.267 e. The SMILES string of the molecule is CC(C)N1N=Cc2cccc3c(=O)[nH]nc1c23. The Morgan fingerprint density at radius 3 is 2.94 bits per heavy atom. The normalized spacial score (nSPS) is 13.7. The minimum Gasteiger partial charge on any atom is -0.267 e. The van der Waals surface area contributed by atoms with Gasteiger partial charge in [0.15, 0.2) is 5.82 Å². The van der Waals surface area contributed by atoms with Gasteiger partial charge in [-0.25, -0.2) is 10.1 Å². The molecule has 1 aliphatic rings. The minimum absolute atomic E-state index is 0.162. The van der Waals surface area contributed by atoms with Crippen LogP contribution in [0.2, 0.25) is 0 Å². The van der Waals surface area contributed by atoms with Crippen molar-refractivity contribution in [1.82, 2.24) is 10.2 Å². The number of aromatic amines is 1. The van der Waals surface area contributed by atoms with E-state index in [0.717, 1.165) is 10.9 Å². The molecular weight excluding hydrogens is 216 g/mol. The number of nitrogens with one attached hydrogen (secondary N) is 1. The second-order valence-corrected chi connectivity index (χ2v) is 4.33. The fourth-order valence-electron chi connectivity index (χ4n) is 2.06. The Morgan fingerprint density at radius 1 is 1.35 bits per heavy atom. The van der Waals surface area contributed by atoms with Gasteiger partial charge in [-0.1, -0.05) is 12.1 Å². The van der Waals surface area contributed by atoms with Gasteiger partial charge in [0.2, 0.25) is 0 Å². The summed E-state index contributed by atoms with van der Waals surface area (Å²) in [5.41, 5.74) is 0.776. The largest absolute Gasteiger partial charge is 0.272 e. The average Bonchev–Trinajstić information content (AvgIpc) is 2.33. The van der Waals surface area contributed by atoms with Crippen molar-refractivity contribution in [3.63, 3.8) is 0 Å². The summed E-state index contributed by atoms with van der Waals surface area (Å²) in [6.45, 7) is 4.06. The lowest BCUT2D eigenvalue weighted by Gasteiger charge is -2.26. The van der Waals surface area contributed by atoms with E-state index in [-0.39, 0.29) is 11.6 Å². The van der Waals surface area contributed by atoms with E-state index >= 15 is 0 Å². The molecule has 0 saturated carbocycles. The highest BCUT2D eigenvalue weighted by molar-refractivity contribution is 6.07. The van der Waals surface area contributed by atoms with Crippen molar-refractivity contribution in [2.75, 3.05) is 5.01 Å². The highest BCUT2D eigenvalue weighted by Gasteiger charge is 2.20. The number of rotatable bonds is 1. The van der Waals surface area contributed by atoms with Crippen molar-refractivity contribution < 1.29 is 0 Å². The molecule has 1 N–H and O–H groups in total. The van der Waals surface area contributed by atoms with Crippen LogP contribution < -0.4 is 10.6 Å². The fourth-order valence-corrected chi connectivity index (χ4v) is 2.06. The number of nitrogens with zero attached hydrogens (tertiary/aromatic N) is 3. The number of hydrazone groups is 1. The van der Waals surface area contributed by atoms with Crippen molar-refractivity contribution >= 4 is 22.8 Å². The number of benzene rings is 1. The fraction of sp³-hybridized carbons (Fsp3) is 0.250. The van der Waals surface area contributed by atoms with E-state index in [1.165, 1.54) is 0 Å². The number of aromatic nitrogens is 2. The molecule has 0 aliphatic carbocycles. The van der Waals surface area contributed by atoms with Crippen LogP contribution in [0.3, 0.4) is 0 Å². The van der Waals surface area contributed by atoms with Gasteiger partial charge < -0.3 is 0 Å². The summed E-state index contributed by atoms with van der Waals surface area (Å²) < 4.78 is 0. The Bertz CT molecular complexity index is 672. The lowest BCUT2D eigenvalue weighted by Crippen LogP contribution is -2.30. The second kappa shape index (κ2) is 3.41. The average molecular weight is 228 g/mol. The molecule has 0 bridgehead atoms. The standard InChI is InChI=1S/C12H12N4O/c1-7(2)16-11-10-8(6-13-16)4-3-5-9(10)12(17)15-14-11/h3-7H,1-2H3,(H,15,17). The number of hydrogen-bond donors (Lipinski definition) is 1. The highest BCUT2D eigenvalue weighted by atomic mass is 16.1. The zero-order valence-corrected chi connectivity index (χ0v) is 9.64. The third-order valence-electron chi connectivity index (χ3n) is 2.86. The first kappa shape index (κ1) is 10.0. The maximum absolute atomic E-state index is 11.7. The molecule has 0 saturated heterocycles. The molecule has 5 nitrogen and oxygen atoms in total. The molecule has 0 atom stereocenters. The van der Waals surface area contributed by atoms with Crippen LogP contribution in [0.4, 0.5) is 5.82 Å². The zero-order valence-electron chi connectivity index (χ0n) is 9.64. The quantitative estimate of drug-likeness (QED) is 0.804. The molecule has 0 radical (unpaired) electrons. The van der Waals surface area contributed by atoms with Gasteiger partial charge in [0.05, 0.1) is 11.6 Å². The molecule has 1 aromatic carbocycles. The molecule has 0 amide bonds. The van der Waals surface area contributed by atoms with E-state index in [0.29, 0.717) is 11.2 Å². The van der Waals surface area contributed by atoms with Crippen molar-refractivity contribution in [1.29, 1.82) is 0 Å². The first-order valence-electron chi connectivity index (χ1n) is 5.53. The molecule has 2 aromatic rings. The summed E-state index contributed by atoms with van der Waals surface area (Å²) in [4.78, 5) is 11.7. The van der Waals surface area contributed by atoms with Crippen LogP contribution in [0, 0.1) is 0 Å². The summed E-state index contributed by atoms with van der Waals surface area (Å²) in [6, 6.07) is 5.80. The molecule has 0 fully saturated rings. The topological polar surface area (TPSA) is 61.4 Å². The summed E-state index contributed by atoms with van der Waals surface area (Å²) >= 11 is 0. The van der Waals surface area contributed by atoms with Gasteiger partial charge in [-0.2, -0.15) is 10.2 Å². The Balaban J connectivity index is 2.43. The predicted molar refractivity (Wildman–Crippen MR) is 67.6 cm³/mol. The molecule has 5 heteroatoms. The molecule has 1 aromatic heterocycles. The molecule has 1 aliphatic heterocycles. The van der Waals surface area contributed by atoms with Crippen molar-refractivity contribution in [3.05, 3.63) is 34.1 Å². The van der Waals surface area contributed by atoms with Crippen LogP contribution in [0.15, 0.2) is 28.1 Å². The lowest BCUT2D eigenvalue weighted by molar-refractivity contribution is 0.697. The van der Waals surface area contributed by atoms with Gasteiger partial charge in [-0.05, 0) is 19.9 Å². The van der Waals surface area contributed by atoms with E-state index < -0.39 is 0 Å². The Hall–Kier alpha value is -2.17. The van der Waals surface area contributed by atoms with E-state index in [2.05, 4.69) is 15.3 Å². The summed E-state index contributed by atoms with van der Waals surface area (Å²) in [6.07, 6.45) is 1.77. The highest BCUT2D eigenvalue weighted by Crippen LogP contribution is 2.29. The van der Waals surface area contributed by atoms with E-state index in [1.54, 1.807) is 12.3 Å². The lowest BCUT2D eigenvalue weighted by atomic mass is 10.1. The van der Waals surface area contributed by atoms with Gasteiger partial charge >= 0.3 is 0 Å². The van der Waals surface area contributed by atoms with E-state index in [9.17, 15) is 4.79 Å². The molecule has 86 valence electrons. The molecule has 17 heavy (non-hydrogen) atoms. The maximum atomic E-state index is 11.7. The third-order valence-corrected chi connectivity index (χ3v) is 2.86. The molecule has 0 unspecified atom stereocenters. The van der Waals surface area contributed by atoms with Crippen LogP contribution in [0.5, 0.6) is 0 Å². The minimum atomic E-state index is -0.162. The monoisotopic (exact) mass is 228 g/mol.